The highest BCUT2D eigenvalue weighted by atomic mass is 79.9. The molecule has 1 aliphatic heterocycles. The average Bonchev–Trinajstić information content (AvgIpc) is 2.23. The van der Waals surface area contributed by atoms with E-state index in [1.165, 1.54) is 0 Å². The van der Waals surface area contributed by atoms with Crippen LogP contribution >= 0.6 is 15.9 Å². The second-order valence-electron chi connectivity index (χ2n) is 3.28. The molecule has 0 saturated heterocycles. The van der Waals surface area contributed by atoms with Crippen LogP contribution in [0.5, 0.6) is 0 Å². The van der Waals surface area contributed by atoms with Crippen LogP contribution in [0, 0.1) is 0 Å². The van der Waals surface area contributed by atoms with Crippen molar-refractivity contribution in [1.29, 1.82) is 0 Å². The van der Waals surface area contributed by atoms with E-state index in [-0.39, 0.29) is 19.1 Å². The maximum Gasteiger partial charge on any atom is 0.246 e. The first-order chi connectivity index (χ1) is 7.22. The van der Waals surface area contributed by atoms with Crippen LogP contribution in [0.15, 0.2) is 22.7 Å². The first-order valence-electron chi connectivity index (χ1n) is 4.67. The van der Waals surface area contributed by atoms with E-state index in [0.717, 1.165) is 15.8 Å². The van der Waals surface area contributed by atoms with Crippen molar-refractivity contribution in [2.24, 2.45) is 0 Å². The maximum absolute atomic E-state index is 11.6. The SMILES string of the molecule is O=C1CNc2ccc(Br)cc2N1CCO. The van der Waals surface area contributed by atoms with Crippen LogP contribution in [0.1, 0.15) is 0 Å². The summed E-state index contributed by atoms with van der Waals surface area (Å²) in [7, 11) is 0. The molecule has 0 aliphatic carbocycles. The van der Waals surface area contributed by atoms with Crippen LogP contribution in [0.25, 0.3) is 0 Å². The third-order valence-electron chi connectivity index (χ3n) is 2.31. The van der Waals surface area contributed by atoms with Gasteiger partial charge in [-0.15, -0.1) is 0 Å². The fourth-order valence-electron chi connectivity index (χ4n) is 1.62. The molecule has 0 saturated carbocycles. The lowest BCUT2D eigenvalue weighted by Crippen LogP contribution is -2.41. The van der Waals surface area contributed by atoms with Gasteiger partial charge in [0.15, 0.2) is 0 Å². The fraction of sp³-hybridized carbons (Fsp3) is 0.300. The van der Waals surface area contributed by atoms with Gasteiger partial charge in [0.05, 0.1) is 24.5 Å². The smallest absolute Gasteiger partial charge is 0.246 e. The number of fused-ring (bicyclic) bond motifs is 1. The summed E-state index contributed by atoms with van der Waals surface area (Å²) in [6.45, 7) is 0.594. The van der Waals surface area contributed by atoms with Crippen molar-refractivity contribution in [2.45, 2.75) is 0 Å². The third kappa shape index (κ3) is 1.98. The van der Waals surface area contributed by atoms with Gasteiger partial charge in [-0.25, -0.2) is 0 Å². The Kier molecular flexibility index (Phi) is 2.93. The number of nitrogens with one attached hydrogen (secondary N) is 1. The van der Waals surface area contributed by atoms with E-state index in [2.05, 4.69) is 21.2 Å². The molecule has 0 bridgehead atoms. The summed E-state index contributed by atoms with van der Waals surface area (Å²) in [6.07, 6.45) is 0. The molecular formula is C10H11BrN2O2. The maximum atomic E-state index is 11.6. The largest absolute Gasteiger partial charge is 0.395 e. The van der Waals surface area contributed by atoms with Crippen molar-refractivity contribution in [3.8, 4) is 0 Å². The minimum atomic E-state index is -0.0301. The zero-order valence-electron chi connectivity index (χ0n) is 8.03. The van der Waals surface area contributed by atoms with E-state index in [0.29, 0.717) is 6.54 Å². The number of β-amino-alcohol motifs (C(OH)–C–C–N with tert-alkyl or cyclic N) is 1. The summed E-state index contributed by atoms with van der Waals surface area (Å²) in [6, 6.07) is 5.70. The van der Waals surface area contributed by atoms with Gasteiger partial charge < -0.3 is 15.3 Å². The zero-order valence-corrected chi connectivity index (χ0v) is 9.62. The number of hydrogen-bond acceptors (Lipinski definition) is 3. The van der Waals surface area contributed by atoms with Crippen molar-refractivity contribution in [2.75, 3.05) is 29.9 Å². The van der Waals surface area contributed by atoms with Crippen molar-refractivity contribution in [3.63, 3.8) is 0 Å². The Hall–Kier alpha value is -1.07. The average molecular weight is 271 g/mol. The van der Waals surface area contributed by atoms with Gasteiger partial charge in [-0.1, -0.05) is 15.9 Å². The second-order valence-corrected chi connectivity index (χ2v) is 4.20. The number of halogens is 1. The summed E-state index contributed by atoms with van der Waals surface area (Å²) >= 11 is 3.36. The highest BCUT2D eigenvalue weighted by Gasteiger charge is 2.23. The van der Waals surface area contributed by atoms with Crippen molar-refractivity contribution in [3.05, 3.63) is 22.7 Å². The normalized spacial score (nSPS) is 14.8. The number of carbonyl (C=O) groups is 1. The Morgan fingerprint density at radius 3 is 3.07 bits per heavy atom. The van der Waals surface area contributed by atoms with Gasteiger partial charge in [-0.3, -0.25) is 4.79 Å². The number of aliphatic hydroxyl groups excluding tert-OH is 1. The Labute approximate surface area is 96.0 Å². The number of benzene rings is 1. The summed E-state index contributed by atoms with van der Waals surface area (Å²) < 4.78 is 0.917. The Bertz CT molecular complexity index is 395. The molecule has 4 nitrogen and oxygen atoms in total. The Morgan fingerprint density at radius 2 is 2.33 bits per heavy atom. The van der Waals surface area contributed by atoms with E-state index in [9.17, 15) is 4.79 Å². The standard InChI is InChI=1S/C10H11BrN2O2/c11-7-1-2-8-9(5-7)13(3-4-14)10(15)6-12-8/h1-2,5,12,14H,3-4,6H2. The van der Waals surface area contributed by atoms with Crippen molar-refractivity contribution in [1.82, 2.24) is 0 Å². The van der Waals surface area contributed by atoms with Crippen LogP contribution in [-0.4, -0.2) is 30.7 Å². The van der Waals surface area contributed by atoms with E-state index < -0.39 is 0 Å². The summed E-state index contributed by atoms with van der Waals surface area (Å²) in [5, 5.41) is 11.9. The lowest BCUT2D eigenvalue weighted by atomic mass is 10.2. The number of nitrogens with zero attached hydrogens (tertiary/aromatic N) is 1. The molecule has 1 aliphatic rings. The topological polar surface area (TPSA) is 52.6 Å². The van der Waals surface area contributed by atoms with E-state index in [1.807, 2.05) is 18.2 Å². The molecule has 0 aromatic heterocycles. The first kappa shape index (κ1) is 10.4. The van der Waals surface area contributed by atoms with Gasteiger partial charge >= 0.3 is 0 Å². The van der Waals surface area contributed by atoms with E-state index in [1.54, 1.807) is 4.90 Å². The van der Waals surface area contributed by atoms with Gasteiger partial charge in [0, 0.05) is 11.0 Å². The molecule has 15 heavy (non-hydrogen) atoms. The molecule has 0 unspecified atom stereocenters. The van der Waals surface area contributed by atoms with Gasteiger partial charge in [0.25, 0.3) is 0 Å². The summed E-state index contributed by atoms with van der Waals surface area (Å²) in [4.78, 5) is 13.2. The van der Waals surface area contributed by atoms with E-state index >= 15 is 0 Å². The second kappa shape index (κ2) is 4.20. The van der Waals surface area contributed by atoms with Crippen molar-refractivity contribution < 1.29 is 9.90 Å². The van der Waals surface area contributed by atoms with Gasteiger partial charge in [-0.2, -0.15) is 0 Å². The molecule has 5 heteroatoms. The minimum absolute atomic E-state index is 0.0188. The molecule has 2 N–H and O–H groups in total. The highest BCUT2D eigenvalue weighted by Crippen LogP contribution is 2.31. The number of amides is 1. The van der Waals surface area contributed by atoms with Crippen LogP contribution in [-0.2, 0) is 4.79 Å². The number of aliphatic hydroxyl groups is 1. The molecule has 1 heterocycles. The lowest BCUT2D eigenvalue weighted by Gasteiger charge is -2.29. The number of rotatable bonds is 2. The molecule has 0 spiro atoms. The predicted octanol–water partition coefficient (Wildman–Crippen LogP) is 1.20. The van der Waals surface area contributed by atoms with E-state index in [4.69, 9.17) is 5.11 Å². The molecule has 0 fully saturated rings. The summed E-state index contributed by atoms with van der Waals surface area (Å²) in [5.41, 5.74) is 1.74. The molecule has 2 rings (SSSR count). The Balaban J connectivity index is 2.41. The number of carbonyl (C=O) groups excluding carboxylic acids is 1. The molecular weight excluding hydrogens is 260 g/mol. The zero-order chi connectivity index (χ0) is 10.8. The summed E-state index contributed by atoms with van der Waals surface area (Å²) in [5.74, 6) is -0.0188. The van der Waals surface area contributed by atoms with Crippen LogP contribution in [0.3, 0.4) is 0 Å². The number of anilines is 2. The monoisotopic (exact) mass is 270 g/mol. The molecule has 1 aromatic rings. The van der Waals surface area contributed by atoms with Gasteiger partial charge in [0.2, 0.25) is 5.91 Å². The molecule has 1 aromatic carbocycles. The number of hydrogen-bond donors (Lipinski definition) is 2. The minimum Gasteiger partial charge on any atom is -0.395 e. The molecule has 1 amide bonds. The van der Waals surface area contributed by atoms with Gasteiger partial charge in [0.1, 0.15) is 0 Å². The van der Waals surface area contributed by atoms with Crippen LogP contribution in [0.2, 0.25) is 0 Å². The highest BCUT2D eigenvalue weighted by molar-refractivity contribution is 9.10. The predicted molar refractivity (Wildman–Crippen MR) is 62.1 cm³/mol. The quantitative estimate of drug-likeness (QED) is 0.849. The first-order valence-corrected chi connectivity index (χ1v) is 5.46. The molecule has 0 atom stereocenters. The van der Waals surface area contributed by atoms with Crippen molar-refractivity contribution >= 4 is 33.2 Å². The van der Waals surface area contributed by atoms with Crippen LogP contribution < -0.4 is 10.2 Å². The fourth-order valence-corrected chi connectivity index (χ4v) is 1.97. The van der Waals surface area contributed by atoms with Crippen LogP contribution in [0.4, 0.5) is 11.4 Å². The molecule has 80 valence electrons. The molecule has 0 radical (unpaired) electrons. The van der Waals surface area contributed by atoms with Gasteiger partial charge in [-0.05, 0) is 18.2 Å². The Morgan fingerprint density at radius 1 is 1.53 bits per heavy atom. The lowest BCUT2D eigenvalue weighted by molar-refractivity contribution is -0.117. The third-order valence-corrected chi connectivity index (χ3v) is 2.80.